The second kappa shape index (κ2) is 11.6. The first kappa shape index (κ1) is 26.0. The van der Waals surface area contributed by atoms with Crippen LogP contribution in [0.4, 0.5) is 11.4 Å². The van der Waals surface area contributed by atoms with Gasteiger partial charge in [0.1, 0.15) is 17.2 Å². The number of fused-ring (bicyclic) bond motifs is 1. The molecular weight excluding hydrogens is 445 g/mol. The number of rotatable bonds is 6. The van der Waals surface area contributed by atoms with E-state index in [0.717, 1.165) is 28.8 Å². The molecule has 2 heterocycles. The van der Waals surface area contributed by atoms with Crippen molar-refractivity contribution in [1.82, 2.24) is 9.99 Å². The standard InChI is InChI=1S/C20H26N5O2PS.C2H6O/c1-5-6-7-10-25-17(20(2,3)4)16(26)15(19(25)27)18-22-13-9-8-12(24-29-21)11-14(13)28-23-18;1-2-3/h1,8-9,11,17,24,26,28H,6-7,10,21H2,2-4H3,(H,22,23);3H,2H2,1H3. The normalized spacial score (nSPS) is 18.4. The highest BCUT2D eigenvalue weighted by Crippen LogP contribution is 2.38. The monoisotopic (exact) mass is 477 g/mol. The van der Waals surface area contributed by atoms with E-state index >= 15 is 0 Å². The maximum absolute atomic E-state index is 13.2. The molecule has 0 spiro atoms. The number of aliphatic imine (C=N–C) groups is 1. The number of aliphatic hydroxyl groups excluding tert-OH is 2. The molecule has 1 amide bonds. The summed E-state index contributed by atoms with van der Waals surface area (Å²) in [4.78, 5) is 19.6. The first-order chi connectivity index (χ1) is 15.2. The van der Waals surface area contributed by atoms with Crippen molar-refractivity contribution in [1.29, 1.82) is 0 Å². The van der Waals surface area contributed by atoms with Crippen molar-refractivity contribution >= 4 is 49.3 Å². The van der Waals surface area contributed by atoms with Crippen LogP contribution in [0.15, 0.2) is 34.5 Å². The zero-order valence-electron chi connectivity index (χ0n) is 18.9. The number of aliphatic hydroxyl groups is 2. The van der Waals surface area contributed by atoms with Gasteiger partial charge in [0.25, 0.3) is 5.91 Å². The first-order valence-corrected chi connectivity index (χ1v) is 12.2. The van der Waals surface area contributed by atoms with E-state index < -0.39 is 6.04 Å². The zero-order chi connectivity index (χ0) is 23.9. The van der Waals surface area contributed by atoms with E-state index in [0.29, 0.717) is 25.2 Å². The third kappa shape index (κ3) is 5.96. The number of terminal acetylenes is 1. The molecule has 1 aromatic carbocycles. The average molecular weight is 478 g/mol. The fraction of sp³-hybridized carbons (Fsp3) is 0.455. The highest BCUT2D eigenvalue weighted by molar-refractivity contribution is 7.98. The van der Waals surface area contributed by atoms with E-state index in [4.69, 9.17) is 16.7 Å². The Hall–Kier alpha value is -2.24. The van der Waals surface area contributed by atoms with Gasteiger partial charge in [-0.3, -0.25) is 9.93 Å². The minimum absolute atomic E-state index is 0.0699. The molecule has 0 aromatic heterocycles. The highest BCUT2D eigenvalue weighted by atomic mass is 32.2. The number of hydrogen-bond donors (Lipinski definition) is 5. The molecule has 1 aromatic rings. The number of nitrogens with zero attached hydrogens (tertiary/aromatic N) is 2. The SMILES string of the molecule is C#CCCCN1C(=O)C(C2=Nc3ccc(NSN)cc3PN2)=C(O)C1C(C)(C)C.CCO. The molecule has 2 atom stereocenters. The van der Waals surface area contributed by atoms with Crippen LogP contribution in [0, 0.1) is 17.8 Å². The third-order valence-electron chi connectivity index (χ3n) is 4.80. The van der Waals surface area contributed by atoms with Crippen LogP contribution in [0.2, 0.25) is 0 Å². The van der Waals surface area contributed by atoms with Crippen molar-refractivity contribution in [2.45, 2.75) is 46.6 Å². The second-order valence-electron chi connectivity index (χ2n) is 8.31. The first-order valence-electron chi connectivity index (χ1n) is 10.3. The fourth-order valence-electron chi connectivity index (χ4n) is 3.60. The molecule has 0 fully saturated rings. The Labute approximate surface area is 196 Å². The Morgan fingerprint density at radius 2 is 2.12 bits per heavy atom. The number of benzene rings is 1. The maximum atomic E-state index is 13.2. The predicted octanol–water partition coefficient (Wildman–Crippen LogP) is 2.95. The lowest BCUT2D eigenvalue weighted by molar-refractivity contribution is -0.128. The summed E-state index contributed by atoms with van der Waals surface area (Å²) >= 11 is 1.03. The second-order valence-corrected chi connectivity index (χ2v) is 9.79. The van der Waals surface area contributed by atoms with Crippen molar-refractivity contribution in [3.63, 3.8) is 0 Å². The van der Waals surface area contributed by atoms with Gasteiger partial charge in [-0.2, -0.15) is 0 Å². The summed E-state index contributed by atoms with van der Waals surface area (Å²) in [6, 6.07) is 5.32. The van der Waals surface area contributed by atoms with Gasteiger partial charge < -0.3 is 24.9 Å². The van der Waals surface area contributed by atoms with Gasteiger partial charge in [-0.1, -0.05) is 20.8 Å². The van der Waals surface area contributed by atoms with Crippen LogP contribution < -0.4 is 20.3 Å². The van der Waals surface area contributed by atoms with Gasteiger partial charge in [0.2, 0.25) is 0 Å². The van der Waals surface area contributed by atoms with E-state index in [9.17, 15) is 9.90 Å². The minimum Gasteiger partial charge on any atom is -0.509 e. The number of carbonyl (C=O) groups excluding carboxylic acids is 1. The zero-order valence-corrected chi connectivity index (χ0v) is 20.7. The van der Waals surface area contributed by atoms with Crippen LogP contribution in [0.3, 0.4) is 0 Å². The van der Waals surface area contributed by atoms with E-state index in [-0.39, 0.29) is 38.0 Å². The summed E-state index contributed by atoms with van der Waals surface area (Å²) in [6.45, 7) is 8.46. The summed E-state index contributed by atoms with van der Waals surface area (Å²) in [5, 5.41) is 28.3. The molecule has 0 bridgehead atoms. The Kier molecular flexibility index (Phi) is 9.41. The molecule has 2 unspecified atom stereocenters. The molecule has 174 valence electrons. The summed E-state index contributed by atoms with van der Waals surface area (Å²) in [7, 11) is 0.218. The molecule has 3 rings (SSSR count). The number of unbranched alkanes of at least 4 members (excludes halogenated alkanes) is 1. The van der Waals surface area contributed by atoms with Crippen molar-refractivity contribution < 1.29 is 15.0 Å². The fourth-order valence-corrected chi connectivity index (χ4v) is 4.79. The largest absolute Gasteiger partial charge is 0.509 e. The molecule has 0 radical (unpaired) electrons. The van der Waals surface area contributed by atoms with Crippen molar-refractivity contribution in [3.05, 3.63) is 29.5 Å². The number of amidine groups is 1. The maximum Gasteiger partial charge on any atom is 0.261 e. The number of nitrogens with one attached hydrogen (secondary N) is 2. The lowest BCUT2D eigenvalue weighted by Crippen LogP contribution is -2.44. The van der Waals surface area contributed by atoms with Gasteiger partial charge in [0, 0.05) is 51.4 Å². The quantitative estimate of drug-likeness (QED) is 0.185. The summed E-state index contributed by atoms with van der Waals surface area (Å²) in [5.41, 5.74) is 1.59. The van der Waals surface area contributed by atoms with Gasteiger partial charge in [0.15, 0.2) is 0 Å². The smallest absolute Gasteiger partial charge is 0.261 e. The van der Waals surface area contributed by atoms with Gasteiger partial charge in [-0.05, 0) is 37.0 Å². The van der Waals surface area contributed by atoms with Crippen molar-refractivity contribution in [2.24, 2.45) is 15.5 Å². The molecule has 0 saturated carbocycles. The van der Waals surface area contributed by atoms with Gasteiger partial charge in [-0.25, -0.2) is 4.99 Å². The number of amides is 1. The minimum atomic E-state index is -0.412. The van der Waals surface area contributed by atoms with Crippen LogP contribution in [0.5, 0.6) is 0 Å². The van der Waals surface area contributed by atoms with Gasteiger partial charge in [0.05, 0.1) is 11.7 Å². The van der Waals surface area contributed by atoms with Gasteiger partial charge in [-0.15, -0.1) is 12.3 Å². The topological polar surface area (TPSA) is 123 Å². The van der Waals surface area contributed by atoms with Crippen LogP contribution >= 0.6 is 20.9 Å². The van der Waals surface area contributed by atoms with Crippen molar-refractivity contribution in [3.8, 4) is 12.3 Å². The molecular formula is C22H32N5O3PS. The van der Waals surface area contributed by atoms with E-state index in [2.05, 4.69) is 20.7 Å². The lowest BCUT2D eigenvalue weighted by atomic mass is 9.85. The molecule has 0 saturated heterocycles. The van der Waals surface area contributed by atoms with Crippen LogP contribution in [-0.4, -0.2) is 46.0 Å². The number of anilines is 1. The summed E-state index contributed by atoms with van der Waals surface area (Å²) in [6.07, 6.45) is 6.64. The summed E-state index contributed by atoms with van der Waals surface area (Å²) < 4.78 is 2.99. The molecule has 6 N–H and O–H groups in total. The molecule has 2 aliphatic heterocycles. The molecule has 32 heavy (non-hydrogen) atoms. The Morgan fingerprint density at radius 1 is 1.44 bits per heavy atom. The number of carbonyl (C=O) groups is 1. The van der Waals surface area contributed by atoms with Crippen molar-refractivity contribution in [2.75, 3.05) is 17.9 Å². The molecule has 8 nitrogen and oxygen atoms in total. The average Bonchev–Trinajstić information content (AvgIpc) is 2.98. The third-order valence-corrected chi connectivity index (χ3v) is 6.19. The number of hydrogen-bond acceptors (Lipinski definition) is 8. The van der Waals surface area contributed by atoms with Crippen LogP contribution in [0.1, 0.15) is 40.5 Å². The van der Waals surface area contributed by atoms with E-state index in [1.54, 1.807) is 11.8 Å². The number of nitrogens with two attached hydrogens (primary N) is 1. The van der Waals surface area contributed by atoms with E-state index in [1.165, 1.54) is 0 Å². The van der Waals surface area contributed by atoms with Crippen LogP contribution in [-0.2, 0) is 4.79 Å². The van der Waals surface area contributed by atoms with Crippen LogP contribution in [0.25, 0.3) is 0 Å². The summed E-state index contributed by atoms with van der Waals surface area (Å²) in [5.74, 6) is 2.88. The van der Waals surface area contributed by atoms with E-state index in [1.807, 2.05) is 39.0 Å². The molecule has 10 heteroatoms. The Bertz CT molecular complexity index is 936. The Morgan fingerprint density at radius 3 is 2.72 bits per heavy atom. The predicted molar refractivity (Wildman–Crippen MR) is 135 cm³/mol. The highest BCUT2D eigenvalue weighted by Gasteiger charge is 2.47. The molecule has 0 aliphatic carbocycles. The van der Waals surface area contributed by atoms with Gasteiger partial charge >= 0.3 is 0 Å². The Balaban J connectivity index is 0.00000114. The molecule has 2 aliphatic rings. The lowest BCUT2D eigenvalue weighted by Gasteiger charge is -2.35.